The first kappa shape index (κ1) is 13.2. The molecular formula is C12H13ClN4O2. The molecule has 0 fully saturated rings. The number of benzene rings is 1. The van der Waals surface area contributed by atoms with Crippen LogP contribution in [-0.4, -0.2) is 22.7 Å². The standard InChI is InChI=1S/C12H13ClN4O2/c1-2-19-10-4-3-7(5-8(10)13)15-12(18)9-6-11(14)17-16-9/h3-6H,2H2,1H3,(H,15,18)(H3,14,16,17). The number of halogens is 1. The van der Waals surface area contributed by atoms with E-state index in [1.165, 1.54) is 6.07 Å². The number of nitrogens with zero attached hydrogens (tertiary/aromatic N) is 1. The van der Waals surface area contributed by atoms with Crippen LogP contribution in [0.3, 0.4) is 0 Å². The number of hydrogen-bond donors (Lipinski definition) is 3. The van der Waals surface area contributed by atoms with Crippen molar-refractivity contribution >= 4 is 29.0 Å². The number of amides is 1. The zero-order valence-electron chi connectivity index (χ0n) is 10.2. The van der Waals surface area contributed by atoms with Crippen molar-refractivity contribution in [3.63, 3.8) is 0 Å². The number of rotatable bonds is 4. The van der Waals surface area contributed by atoms with Crippen molar-refractivity contribution in [2.75, 3.05) is 17.7 Å². The first-order valence-corrected chi connectivity index (χ1v) is 6.02. The molecule has 0 aliphatic rings. The van der Waals surface area contributed by atoms with Crippen LogP contribution < -0.4 is 15.8 Å². The lowest BCUT2D eigenvalue weighted by atomic mass is 10.3. The molecule has 1 heterocycles. The van der Waals surface area contributed by atoms with Crippen molar-refractivity contribution < 1.29 is 9.53 Å². The molecule has 0 unspecified atom stereocenters. The van der Waals surface area contributed by atoms with Crippen molar-refractivity contribution in [2.24, 2.45) is 0 Å². The third-order valence-corrected chi connectivity index (χ3v) is 2.63. The topological polar surface area (TPSA) is 93.0 Å². The number of H-pyrrole nitrogens is 1. The predicted octanol–water partition coefficient (Wildman–Crippen LogP) is 2.30. The largest absolute Gasteiger partial charge is 0.492 e. The van der Waals surface area contributed by atoms with Gasteiger partial charge in [0.15, 0.2) is 0 Å². The van der Waals surface area contributed by atoms with Crippen LogP contribution in [0, 0.1) is 0 Å². The summed E-state index contributed by atoms with van der Waals surface area (Å²) < 4.78 is 5.31. The molecule has 7 heteroatoms. The fourth-order valence-corrected chi connectivity index (χ4v) is 1.74. The van der Waals surface area contributed by atoms with Gasteiger partial charge >= 0.3 is 0 Å². The Kier molecular flexibility index (Phi) is 3.91. The number of anilines is 2. The Hall–Kier alpha value is -2.21. The molecule has 100 valence electrons. The number of nitrogen functional groups attached to an aromatic ring is 1. The Morgan fingerprint density at radius 1 is 1.53 bits per heavy atom. The van der Waals surface area contributed by atoms with E-state index in [9.17, 15) is 4.79 Å². The average molecular weight is 281 g/mol. The van der Waals surface area contributed by atoms with Crippen LogP contribution >= 0.6 is 11.6 Å². The summed E-state index contributed by atoms with van der Waals surface area (Å²) in [6.45, 7) is 2.40. The maximum absolute atomic E-state index is 11.8. The van der Waals surface area contributed by atoms with E-state index in [2.05, 4.69) is 15.5 Å². The first-order chi connectivity index (χ1) is 9.10. The molecule has 0 aliphatic carbocycles. The van der Waals surface area contributed by atoms with Gasteiger partial charge in [-0.1, -0.05) is 11.6 Å². The molecule has 0 saturated heterocycles. The molecule has 0 aliphatic heterocycles. The fraction of sp³-hybridized carbons (Fsp3) is 0.167. The number of aromatic nitrogens is 2. The third-order valence-electron chi connectivity index (χ3n) is 2.33. The van der Waals surface area contributed by atoms with E-state index >= 15 is 0 Å². The summed E-state index contributed by atoms with van der Waals surface area (Å²) in [5.41, 5.74) is 6.27. The number of carbonyl (C=O) groups is 1. The molecule has 1 aromatic carbocycles. The van der Waals surface area contributed by atoms with Crippen molar-refractivity contribution in [3.8, 4) is 5.75 Å². The molecule has 6 nitrogen and oxygen atoms in total. The van der Waals surface area contributed by atoms with Gasteiger partial charge in [-0.3, -0.25) is 9.89 Å². The van der Waals surface area contributed by atoms with Crippen LogP contribution in [0.5, 0.6) is 5.75 Å². The van der Waals surface area contributed by atoms with Crippen molar-refractivity contribution in [3.05, 3.63) is 35.0 Å². The van der Waals surface area contributed by atoms with Crippen LogP contribution in [-0.2, 0) is 0 Å². The Bertz CT molecular complexity index is 597. The van der Waals surface area contributed by atoms with E-state index in [0.717, 1.165) is 0 Å². The minimum Gasteiger partial charge on any atom is -0.492 e. The van der Waals surface area contributed by atoms with Gasteiger partial charge in [0, 0.05) is 11.8 Å². The van der Waals surface area contributed by atoms with Gasteiger partial charge in [0.25, 0.3) is 5.91 Å². The summed E-state index contributed by atoms with van der Waals surface area (Å²) in [6, 6.07) is 6.47. The Morgan fingerprint density at radius 3 is 2.89 bits per heavy atom. The SMILES string of the molecule is CCOc1ccc(NC(=O)c2cc(N)n[nH]2)cc1Cl. The van der Waals surface area contributed by atoms with Gasteiger partial charge in [-0.15, -0.1) is 0 Å². The minimum atomic E-state index is -0.343. The average Bonchev–Trinajstić information content (AvgIpc) is 2.80. The molecule has 19 heavy (non-hydrogen) atoms. The van der Waals surface area contributed by atoms with Gasteiger partial charge in [-0.25, -0.2) is 0 Å². The Labute approximate surface area is 114 Å². The molecule has 1 aromatic heterocycles. The molecule has 1 amide bonds. The van der Waals surface area contributed by atoms with E-state index in [0.29, 0.717) is 23.1 Å². The highest BCUT2D eigenvalue weighted by Gasteiger charge is 2.10. The minimum absolute atomic E-state index is 0.259. The molecule has 0 radical (unpaired) electrons. The maximum Gasteiger partial charge on any atom is 0.273 e. The van der Waals surface area contributed by atoms with Gasteiger partial charge in [-0.05, 0) is 25.1 Å². The second kappa shape index (κ2) is 5.62. The second-order valence-corrected chi connectivity index (χ2v) is 4.15. The number of nitrogens with one attached hydrogen (secondary N) is 2. The van der Waals surface area contributed by atoms with E-state index < -0.39 is 0 Å². The lowest BCUT2D eigenvalue weighted by molar-refractivity contribution is 0.102. The van der Waals surface area contributed by atoms with E-state index in [-0.39, 0.29) is 17.4 Å². The number of aromatic amines is 1. The van der Waals surface area contributed by atoms with Crippen molar-refractivity contribution in [1.29, 1.82) is 0 Å². The third kappa shape index (κ3) is 3.17. The van der Waals surface area contributed by atoms with Crippen LogP contribution in [0.4, 0.5) is 11.5 Å². The Balaban J connectivity index is 2.11. The van der Waals surface area contributed by atoms with E-state index in [1.54, 1.807) is 18.2 Å². The quantitative estimate of drug-likeness (QED) is 0.801. The summed E-state index contributed by atoms with van der Waals surface area (Å²) in [6.07, 6.45) is 0. The second-order valence-electron chi connectivity index (χ2n) is 3.74. The van der Waals surface area contributed by atoms with Crippen LogP contribution in [0.15, 0.2) is 24.3 Å². The summed E-state index contributed by atoms with van der Waals surface area (Å²) >= 11 is 6.03. The predicted molar refractivity (Wildman–Crippen MR) is 73.6 cm³/mol. The lowest BCUT2D eigenvalue weighted by Crippen LogP contribution is -2.12. The summed E-state index contributed by atoms with van der Waals surface area (Å²) in [4.78, 5) is 11.8. The van der Waals surface area contributed by atoms with Crippen LogP contribution in [0.25, 0.3) is 0 Å². The highest BCUT2D eigenvalue weighted by molar-refractivity contribution is 6.32. The normalized spacial score (nSPS) is 10.2. The van der Waals surface area contributed by atoms with Gasteiger partial charge < -0.3 is 15.8 Å². The van der Waals surface area contributed by atoms with Gasteiger partial charge in [0.05, 0.1) is 11.6 Å². The molecule has 2 aromatic rings. The highest BCUT2D eigenvalue weighted by Crippen LogP contribution is 2.27. The van der Waals surface area contributed by atoms with Crippen molar-refractivity contribution in [2.45, 2.75) is 6.92 Å². The van der Waals surface area contributed by atoms with Crippen molar-refractivity contribution in [1.82, 2.24) is 10.2 Å². The highest BCUT2D eigenvalue weighted by atomic mass is 35.5. The zero-order valence-corrected chi connectivity index (χ0v) is 11.0. The van der Waals surface area contributed by atoms with Gasteiger partial charge in [0.1, 0.15) is 17.3 Å². The molecule has 2 rings (SSSR count). The maximum atomic E-state index is 11.8. The number of ether oxygens (including phenoxy) is 1. The summed E-state index contributed by atoms with van der Waals surface area (Å²) in [5.74, 6) is 0.493. The van der Waals surface area contributed by atoms with Crippen LogP contribution in [0.2, 0.25) is 5.02 Å². The Morgan fingerprint density at radius 2 is 2.32 bits per heavy atom. The van der Waals surface area contributed by atoms with Crippen LogP contribution in [0.1, 0.15) is 17.4 Å². The lowest BCUT2D eigenvalue weighted by Gasteiger charge is -2.08. The summed E-state index contributed by atoms with van der Waals surface area (Å²) in [7, 11) is 0. The van der Waals surface area contributed by atoms with Gasteiger partial charge in [0.2, 0.25) is 0 Å². The molecule has 0 bridgehead atoms. The number of carbonyl (C=O) groups excluding carboxylic acids is 1. The molecular weight excluding hydrogens is 268 g/mol. The fourth-order valence-electron chi connectivity index (χ4n) is 1.50. The molecule has 0 atom stereocenters. The number of nitrogens with two attached hydrogens (primary N) is 1. The monoisotopic (exact) mass is 280 g/mol. The smallest absolute Gasteiger partial charge is 0.273 e. The van der Waals surface area contributed by atoms with Gasteiger partial charge in [-0.2, -0.15) is 5.10 Å². The molecule has 4 N–H and O–H groups in total. The first-order valence-electron chi connectivity index (χ1n) is 5.64. The van der Waals surface area contributed by atoms with E-state index in [4.69, 9.17) is 22.1 Å². The molecule has 0 spiro atoms. The molecule has 0 saturated carbocycles. The van der Waals surface area contributed by atoms with E-state index in [1.807, 2.05) is 6.92 Å². The number of hydrogen-bond acceptors (Lipinski definition) is 4. The summed E-state index contributed by atoms with van der Waals surface area (Å²) in [5, 5.41) is 9.32. The zero-order chi connectivity index (χ0) is 13.8.